The van der Waals surface area contributed by atoms with Gasteiger partial charge in [-0.05, 0) is 47.2 Å². The number of fused-ring (bicyclic) bond motifs is 3. The molecule has 3 N–H and O–H groups in total. The number of aryl methyl sites for hydroxylation is 2. The zero-order valence-corrected chi connectivity index (χ0v) is 28.1. The van der Waals surface area contributed by atoms with Gasteiger partial charge in [-0.25, -0.2) is 4.79 Å². The normalized spacial score (nSPS) is 13.7. The lowest BCUT2D eigenvalue weighted by molar-refractivity contribution is -0.119. The lowest BCUT2D eigenvalue weighted by atomic mass is 9.95. The monoisotopic (exact) mass is 681 g/mol. The van der Waals surface area contributed by atoms with E-state index in [1.807, 2.05) is 42.6 Å². The summed E-state index contributed by atoms with van der Waals surface area (Å²) in [6.07, 6.45) is 4.06. The lowest BCUT2D eigenvalue weighted by Gasteiger charge is -2.18. The first kappa shape index (κ1) is 33.4. The number of nitrogens with zero attached hydrogens (tertiary/aromatic N) is 3. The number of phenols is 1. The SMILES string of the molecule is COC(=O)c1cc(-c2ccc(NC(=O)c3cc(NC(=O)CCCC(=O)N4C[C@@H](CCl)c5c4cc(O)c4ccccc54)cn3C)cc2)cn1C. The highest BCUT2D eigenvalue weighted by Crippen LogP contribution is 2.45. The van der Waals surface area contributed by atoms with Crippen LogP contribution in [0.1, 0.15) is 51.7 Å². The summed E-state index contributed by atoms with van der Waals surface area (Å²) in [7, 11) is 4.82. The Morgan fingerprint density at radius 2 is 1.57 bits per heavy atom. The fourth-order valence-corrected chi connectivity index (χ4v) is 6.63. The molecule has 11 nitrogen and oxygen atoms in total. The number of nitrogens with one attached hydrogen (secondary N) is 2. The van der Waals surface area contributed by atoms with Crippen molar-refractivity contribution in [3.05, 3.63) is 96.1 Å². The number of carbonyl (C=O) groups excluding carboxylic acids is 4. The number of benzene rings is 3. The molecule has 252 valence electrons. The second-order valence-electron chi connectivity index (χ2n) is 12.1. The van der Waals surface area contributed by atoms with Crippen molar-refractivity contribution in [1.82, 2.24) is 9.13 Å². The Balaban J connectivity index is 1.02. The van der Waals surface area contributed by atoms with Gasteiger partial charge in [0.1, 0.15) is 17.1 Å². The van der Waals surface area contributed by atoms with E-state index in [-0.39, 0.29) is 42.2 Å². The van der Waals surface area contributed by atoms with Crippen LogP contribution in [0, 0.1) is 0 Å². The number of carbonyl (C=O) groups is 4. The van der Waals surface area contributed by atoms with Crippen molar-refractivity contribution in [2.75, 3.05) is 35.1 Å². The maximum absolute atomic E-state index is 13.3. The molecule has 1 aliphatic heterocycles. The number of methoxy groups -OCH3 is 1. The third kappa shape index (κ3) is 6.75. The quantitative estimate of drug-likeness (QED) is 0.115. The van der Waals surface area contributed by atoms with Crippen molar-refractivity contribution >= 4 is 63.1 Å². The van der Waals surface area contributed by atoms with Gasteiger partial charge in [-0.2, -0.15) is 0 Å². The number of hydrogen-bond acceptors (Lipinski definition) is 6. The van der Waals surface area contributed by atoms with Gasteiger partial charge in [0.2, 0.25) is 11.8 Å². The predicted molar refractivity (Wildman–Crippen MR) is 189 cm³/mol. The summed E-state index contributed by atoms with van der Waals surface area (Å²) in [5.41, 5.74) is 5.14. The van der Waals surface area contributed by atoms with Crippen LogP contribution in [0.15, 0.2) is 79.1 Å². The van der Waals surface area contributed by atoms with E-state index in [4.69, 9.17) is 16.3 Å². The average molecular weight is 682 g/mol. The van der Waals surface area contributed by atoms with E-state index >= 15 is 0 Å². The number of esters is 1. The Hall–Kier alpha value is -5.55. The molecule has 6 rings (SSSR count). The third-order valence-corrected chi connectivity index (χ3v) is 9.20. The van der Waals surface area contributed by atoms with Crippen molar-refractivity contribution < 1.29 is 29.0 Å². The fraction of sp³-hybridized carbons (Fsp3) is 0.243. The Morgan fingerprint density at radius 3 is 2.29 bits per heavy atom. The van der Waals surface area contributed by atoms with Crippen LogP contribution >= 0.6 is 11.6 Å². The number of phenolic OH excluding ortho intramolecular Hbond substituents is 1. The number of halogens is 1. The second kappa shape index (κ2) is 13.9. The number of hydrogen-bond donors (Lipinski definition) is 3. The predicted octanol–water partition coefficient (Wildman–Crippen LogP) is 6.41. The molecular weight excluding hydrogens is 646 g/mol. The van der Waals surface area contributed by atoms with E-state index in [0.29, 0.717) is 47.3 Å². The van der Waals surface area contributed by atoms with Gasteiger partial charge in [-0.1, -0.05) is 36.4 Å². The summed E-state index contributed by atoms with van der Waals surface area (Å²) >= 11 is 6.29. The van der Waals surface area contributed by atoms with Crippen LogP contribution < -0.4 is 15.5 Å². The van der Waals surface area contributed by atoms with E-state index in [0.717, 1.165) is 27.5 Å². The van der Waals surface area contributed by atoms with Gasteiger partial charge in [-0.15, -0.1) is 11.6 Å². The number of anilines is 3. The zero-order chi connectivity index (χ0) is 34.8. The Labute approximate surface area is 288 Å². The summed E-state index contributed by atoms with van der Waals surface area (Å²) in [5, 5.41) is 17.9. The van der Waals surface area contributed by atoms with Crippen LogP contribution in [0.3, 0.4) is 0 Å². The first-order valence-electron chi connectivity index (χ1n) is 15.8. The summed E-state index contributed by atoms with van der Waals surface area (Å²) in [6, 6.07) is 19.7. The fourth-order valence-electron chi connectivity index (χ4n) is 6.38. The van der Waals surface area contributed by atoms with Crippen molar-refractivity contribution in [2.45, 2.75) is 25.2 Å². The molecule has 0 saturated carbocycles. The van der Waals surface area contributed by atoms with Gasteiger partial charge in [0.15, 0.2) is 0 Å². The second-order valence-corrected chi connectivity index (χ2v) is 12.4. The van der Waals surface area contributed by atoms with Crippen molar-refractivity contribution in [2.24, 2.45) is 14.1 Å². The molecule has 12 heteroatoms. The molecule has 3 aromatic carbocycles. The first-order chi connectivity index (χ1) is 23.6. The van der Waals surface area contributed by atoms with Crippen molar-refractivity contribution in [1.29, 1.82) is 0 Å². The first-order valence-corrected chi connectivity index (χ1v) is 16.3. The Morgan fingerprint density at radius 1 is 0.857 bits per heavy atom. The van der Waals surface area contributed by atoms with Crippen molar-refractivity contribution in [3.8, 4) is 16.9 Å². The maximum Gasteiger partial charge on any atom is 0.354 e. The van der Waals surface area contributed by atoms with Gasteiger partial charge in [0, 0.05) is 80.4 Å². The van der Waals surface area contributed by atoms with Gasteiger partial charge in [-0.3, -0.25) is 14.4 Å². The Kier molecular flexibility index (Phi) is 9.46. The van der Waals surface area contributed by atoms with Gasteiger partial charge >= 0.3 is 5.97 Å². The molecule has 3 amide bonds. The molecule has 0 fully saturated rings. The summed E-state index contributed by atoms with van der Waals surface area (Å²) in [5.74, 6) is -0.808. The van der Waals surface area contributed by atoms with Gasteiger partial charge < -0.3 is 34.5 Å². The zero-order valence-electron chi connectivity index (χ0n) is 27.3. The minimum absolute atomic E-state index is 0.0598. The Bertz CT molecular complexity index is 2080. The van der Waals surface area contributed by atoms with Crippen LogP contribution in [0.2, 0.25) is 0 Å². The summed E-state index contributed by atoms with van der Waals surface area (Å²) in [4.78, 5) is 52.7. The number of alkyl halides is 1. The molecule has 49 heavy (non-hydrogen) atoms. The standard InChI is InChI=1S/C37H36ClN5O6/c1-41-19-23(15-31(41)37(48)49-3)22-11-13-25(14-12-22)40-36(47)30-16-26(21-42(30)2)39-33(45)9-6-10-34(46)43-20-24(18-38)35-28-8-5-4-7-27(28)32(44)17-29(35)43/h4-5,7-8,11-17,19,21,24,44H,6,9-10,18,20H2,1-3H3,(H,39,45)(H,40,47)/t24-/m1/s1. The van der Waals surface area contributed by atoms with E-state index in [2.05, 4.69) is 10.6 Å². The van der Waals surface area contributed by atoms with Crippen molar-refractivity contribution in [3.63, 3.8) is 0 Å². The number of rotatable bonds is 10. The maximum atomic E-state index is 13.3. The highest BCUT2D eigenvalue weighted by molar-refractivity contribution is 6.19. The average Bonchev–Trinajstić information content (AvgIpc) is 3.79. The number of ether oxygens (including phenoxy) is 1. The topological polar surface area (TPSA) is 135 Å². The number of aromatic hydroxyl groups is 1. The molecule has 2 aromatic heterocycles. The minimum atomic E-state index is -0.424. The van der Waals surface area contributed by atoms with Gasteiger partial charge in [0.05, 0.1) is 18.5 Å². The number of amides is 3. The molecule has 0 radical (unpaired) electrons. The minimum Gasteiger partial charge on any atom is -0.507 e. The molecule has 0 saturated heterocycles. The molecule has 0 spiro atoms. The lowest BCUT2D eigenvalue weighted by Crippen LogP contribution is -2.30. The molecule has 1 aliphatic rings. The molecular formula is C37H36ClN5O6. The van der Waals surface area contributed by atoms with E-state index < -0.39 is 5.97 Å². The van der Waals surface area contributed by atoms with E-state index in [9.17, 15) is 24.3 Å². The van der Waals surface area contributed by atoms with Crippen LogP contribution in [0.5, 0.6) is 5.75 Å². The summed E-state index contributed by atoms with van der Waals surface area (Å²) < 4.78 is 8.14. The molecule has 0 unspecified atom stereocenters. The molecule has 0 aliphatic carbocycles. The largest absolute Gasteiger partial charge is 0.507 e. The molecule has 1 atom stereocenters. The van der Waals surface area contributed by atoms with E-state index in [1.165, 1.54) is 7.11 Å². The molecule has 3 heterocycles. The third-order valence-electron chi connectivity index (χ3n) is 8.82. The highest BCUT2D eigenvalue weighted by Gasteiger charge is 2.34. The highest BCUT2D eigenvalue weighted by atomic mass is 35.5. The van der Waals surface area contributed by atoms with Gasteiger partial charge in [0.25, 0.3) is 5.91 Å². The van der Waals surface area contributed by atoms with E-state index in [1.54, 1.807) is 64.7 Å². The van der Waals surface area contributed by atoms with Crippen LogP contribution in [-0.2, 0) is 28.4 Å². The summed E-state index contributed by atoms with van der Waals surface area (Å²) in [6.45, 7) is 0.418. The number of aromatic nitrogens is 2. The molecule has 5 aromatic rings. The smallest absolute Gasteiger partial charge is 0.354 e. The van der Waals surface area contributed by atoms with Crippen LogP contribution in [-0.4, -0.2) is 57.5 Å². The molecule has 0 bridgehead atoms. The van der Waals surface area contributed by atoms with Crippen LogP contribution in [0.25, 0.3) is 21.9 Å². The van der Waals surface area contributed by atoms with Crippen LogP contribution in [0.4, 0.5) is 17.1 Å².